The average Bonchev–Trinajstić information content (AvgIpc) is 3.38. The molecule has 12 atom stereocenters. The zero-order valence-corrected chi connectivity index (χ0v) is 36.3. The molecule has 1 aromatic rings. The lowest BCUT2D eigenvalue weighted by atomic mass is 9.44. The summed E-state index contributed by atoms with van der Waals surface area (Å²) in [6, 6.07) is 6.56. The number of benzene rings is 1. The fourth-order valence-corrected chi connectivity index (χ4v) is 9.98. The van der Waals surface area contributed by atoms with Gasteiger partial charge in [-0.05, 0) is 57.9 Å². The first-order valence-corrected chi connectivity index (χ1v) is 20.2. The first-order valence-electron chi connectivity index (χ1n) is 20.2. The zero-order chi connectivity index (χ0) is 45.4. The summed E-state index contributed by atoms with van der Waals surface area (Å²) in [5, 5.41) is 39.3. The largest absolute Gasteiger partial charge is 0.508 e. The second-order valence-corrected chi connectivity index (χ2v) is 19.0. The number of Topliss-reactive ketones (excluding diaryl/α,β-unsaturated/α-hetero) is 1. The molecular weight excluding hydrogens is 802 g/mol. The molecule has 1 aromatic carbocycles. The Hall–Kier alpha value is -4.62. The Bertz CT molecular complexity index is 1990. The lowest BCUT2D eigenvalue weighted by Gasteiger charge is -2.67. The molecule has 2 bridgehead atoms. The smallest absolute Gasteiger partial charge is 0.456 e. The summed E-state index contributed by atoms with van der Waals surface area (Å²) in [6.45, 7) is 14.7. The lowest BCUT2D eigenvalue weighted by Crippen LogP contribution is -2.82. The highest BCUT2D eigenvalue weighted by Gasteiger charge is 2.78. The van der Waals surface area contributed by atoms with Crippen molar-refractivity contribution in [1.82, 2.24) is 5.32 Å². The molecule has 18 nitrogen and oxygen atoms in total. The maximum Gasteiger partial charge on any atom is 0.508 e. The third kappa shape index (κ3) is 7.47. The monoisotopic (exact) mass is 859 g/mol. The van der Waals surface area contributed by atoms with Gasteiger partial charge in [-0.25, -0.2) is 19.2 Å². The molecule has 6 rings (SSSR count). The van der Waals surface area contributed by atoms with E-state index in [2.05, 4.69) is 5.32 Å². The van der Waals surface area contributed by atoms with Crippen LogP contribution in [0.3, 0.4) is 0 Å². The molecule has 336 valence electrons. The van der Waals surface area contributed by atoms with Crippen LogP contribution in [-0.2, 0) is 52.3 Å². The number of aliphatic hydroxyl groups is 3. The number of esters is 3. The number of amides is 1. The van der Waals surface area contributed by atoms with Gasteiger partial charge in [-0.3, -0.25) is 9.59 Å². The van der Waals surface area contributed by atoms with Crippen molar-refractivity contribution in [1.29, 1.82) is 0 Å². The fraction of sp³-hybridized carbons (Fsp3) is 0.674. The summed E-state index contributed by atoms with van der Waals surface area (Å²) in [6.07, 6.45) is -14.0. The van der Waals surface area contributed by atoms with E-state index in [1.807, 2.05) is 0 Å². The van der Waals surface area contributed by atoms with E-state index in [0.717, 1.165) is 14.0 Å². The first-order chi connectivity index (χ1) is 28.2. The number of hydrogen-bond acceptors (Lipinski definition) is 17. The van der Waals surface area contributed by atoms with E-state index < -0.39 is 130 Å². The Morgan fingerprint density at radius 2 is 1.59 bits per heavy atom. The van der Waals surface area contributed by atoms with Crippen LogP contribution in [0, 0.1) is 22.2 Å². The number of carbonyl (C=O) groups is 6. The molecule has 3 aliphatic carbocycles. The third-order valence-corrected chi connectivity index (χ3v) is 13.5. The summed E-state index contributed by atoms with van der Waals surface area (Å²) < 4.78 is 46.2. The van der Waals surface area contributed by atoms with Crippen LogP contribution in [0.15, 0.2) is 41.5 Å². The van der Waals surface area contributed by atoms with E-state index in [1.165, 1.54) is 26.0 Å². The molecule has 5 aliphatic rings. The molecule has 2 saturated carbocycles. The SMILES string of the molecule is COC(=O)O[C@@]12CO[C@@H]1CC(O)[C@@]1(C)C(=O)[C@H](OC(C)=O)C3=C(C)[C@@H](OC(=O)C4OC(O)C(C)(C)[C@@H]4NC(=O)OC(C)(C)C)C[C@@](O)([C@@H](OC(=O)c4ccccc4)C12)C3(C)C. The van der Waals surface area contributed by atoms with Crippen molar-refractivity contribution in [3.05, 3.63) is 47.0 Å². The van der Waals surface area contributed by atoms with Crippen molar-refractivity contribution in [2.24, 2.45) is 22.2 Å². The summed E-state index contributed by atoms with van der Waals surface area (Å²) in [5.41, 5.74) is -10.1. The Morgan fingerprint density at radius 3 is 2.15 bits per heavy atom. The molecule has 2 heterocycles. The Morgan fingerprint density at radius 1 is 0.951 bits per heavy atom. The van der Waals surface area contributed by atoms with Gasteiger partial charge >= 0.3 is 30.2 Å². The second-order valence-electron chi connectivity index (χ2n) is 19.0. The number of rotatable bonds is 7. The molecule has 1 amide bonds. The molecule has 18 heteroatoms. The predicted molar refractivity (Wildman–Crippen MR) is 208 cm³/mol. The maximum absolute atomic E-state index is 15.5. The van der Waals surface area contributed by atoms with Crippen LogP contribution in [0.2, 0.25) is 0 Å². The van der Waals surface area contributed by atoms with Crippen molar-refractivity contribution in [2.45, 2.75) is 148 Å². The molecule has 0 radical (unpaired) electrons. The number of alkyl carbamates (subject to hydrolysis) is 1. The van der Waals surface area contributed by atoms with E-state index >= 15 is 4.79 Å². The Balaban J connectivity index is 1.55. The highest BCUT2D eigenvalue weighted by Crippen LogP contribution is 2.64. The average molecular weight is 860 g/mol. The van der Waals surface area contributed by atoms with Gasteiger partial charge < -0.3 is 58.5 Å². The van der Waals surface area contributed by atoms with Gasteiger partial charge in [0.15, 0.2) is 29.9 Å². The van der Waals surface area contributed by atoms with Crippen molar-refractivity contribution in [3.63, 3.8) is 0 Å². The molecule has 2 saturated heterocycles. The first kappa shape index (κ1) is 45.9. The van der Waals surface area contributed by atoms with Crippen molar-refractivity contribution < 1.29 is 82.0 Å². The fourth-order valence-electron chi connectivity index (χ4n) is 9.98. The highest BCUT2D eigenvalue weighted by molar-refractivity contribution is 5.95. The van der Waals surface area contributed by atoms with E-state index in [1.54, 1.807) is 66.7 Å². The van der Waals surface area contributed by atoms with Gasteiger partial charge in [-0.2, -0.15) is 0 Å². The van der Waals surface area contributed by atoms with Crippen LogP contribution in [0.4, 0.5) is 9.59 Å². The van der Waals surface area contributed by atoms with Gasteiger partial charge in [0, 0.05) is 30.6 Å². The van der Waals surface area contributed by atoms with Crippen LogP contribution >= 0.6 is 0 Å². The molecule has 0 spiro atoms. The van der Waals surface area contributed by atoms with Gasteiger partial charge in [0.05, 0.1) is 42.8 Å². The number of carbonyl (C=O) groups excluding carboxylic acids is 6. The third-order valence-electron chi connectivity index (χ3n) is 13.5. The minimum Gasteiger partial charge on any atom is -0.456 e. The second kappa shape index (κ2) is 15.6. The van der Waals surface area contributed by atoms with Crippen LogP contribution in [0.5, 0.6) is 0 Å². The topological polar surface area (TPSA) is 249 Å². The van der Waals surface area contributed by atoms with Gasteiger partial charge in [-0.15, -0.1) is 0 Å². The van der Waals surface area contributed by atoms with E-state index in [4.69, 9.17) is 37.9 Å². The van der Waals surface area contributed by atoms with Crippen LogP contribution in [-0.4, -0.2) is 131 Å². The number of hydrogen-bond donors (Lipinski definition) is 4. The molecule has 61 heavy (non-hydrogen) atoms. The van der Waals surface area contributed by atoms with Crippen LogP contribution in [0.25, 0.3) is 0 Å². The maximum atomic E-state index is 15.5. The number of fused-ring (bicyclic) bond motifs is 5. The quantitative estimate of drug-likeness (QED) is 0.175. The van der Waals surface area contributed by atoms with Crippen molar-refractivity contribution in [3.8, 4) is 0 Å². The normalized spacial score (nSPS) is 37.3. The van der Waals surface area contributed by atoms with E-state index in [9.17, 15) is 39.3 Å². The van der Waals surface area contributed by atoms with Gasteiger partial charge in [0.1, 0.15) is 29.5 Å². The summed E-state index contributed by atoms with van der Waals surface area (Å²) in [7, 11) is 1.07. The van der Waals surface area contributed by atoms with Gasteiger partial charge in [0.2, 0.25) is 0 Å². The van der Waals surface area contributed by atoms with Gasteiger partial charge in [0.25, 0.3) is 0 Å². The highest BCUT2D eigenvalue weighted by atomic mass is 16.8. The van der Waals surface area contributed by atoms with Crippen LogP contribution in [0.1, 0.15) is 92.4 Å². The molecular formula is C43H57NO17. The standard InChI is InChI=1S/C43H57NO17/c1-20-23(57-34(49)28-30(39(6,7)35(50)58-28)44-36(51)60-38(3,4)5)18-43(53)32(59-33(48)22-15-13-12-14-16-22)29-41(10,31(47)27(56-21(2)45)26(20)40(43,8)9)24(46)17-25-42(29,19-55-25)61-37(52)54-11/h12-16,23-25,27-30,32,35,46,50,53H,17-19H2,1-11H3,(H,44,51)/t23-,24?,25+,27+,28?,29?,30+,32-,35?,41+,42-,43+/m0/s1. The number of nitrogens with one attached hydrogen (secondary N) is 1. The molecule has 4 unspecified atom stereocenters. The number of methoxy groups -OCH3 is 1. The summed E-state index contributed by atoms with van der Waals surface area (Å²) in [5.74, 6) is -5.48. The Labute approximate surface area is 353 Å². The zero-order valence-electron chi connectivity index (χ0n) is 36.3. The number of ketones is 1. The number of ether oxygens (including phenoxy) is 8. The van der Waals surface area contributed by atoms with Crippen LogP contribution < -0.4 is 5.32 Å². The molecule has 4 fully saturated rings. The van der Waals surface area contributed by atoms with E-state index in [0.29, 0.717) is 0 Å². The van der Waals surface area contributed by atoms with Crippen molar-refractivity contribution in [2.75, 3.05) is 13.7 Å². The number of aliphatic hydroxyl groups excluding tert-OH is 2. The molecule has 2 aliphatic heterocycles. The van der Waals surface area contributed by atoms with Crippen molar-refractivity contribution >= 4 is 35.9 Å². The molecule has 0 aromatic heterocycles. The summed E-state index contributed by atoms with van der Waals surface area (Å²) in [4.78, 5) is 83.2. The molecule has 4 N–H and O–H groups in total. The minimum atomic E-state index is -2.42. The predicted octanol–water partition coefficient (Wildman–Crippen LogP) is 3.06. The van der Waals surface area contributed by atoms with Gasteiger partial charge in [-0.1, -0.05) is 45.9 Å². The minimum absolute atomic E-state index is 0.0158. The Kier molecular flexibility index (Phi) is 11.8. The lowest BCUT2D eigenvalue weighted by molar-refractivity contribution is -0.344. The summed E-state index contributed by atoms with van der Waals surface area (Å²) >= 11 is 0. The van der Waals surface area contributed by atoms with E-state index in [-0.39, 0.29) is 29.7 Å².